The second-order valence-corrected chi connectivity index (χ2v) is 7.36. The summed E-state index contributed by atoms with van der Waals surface area (Å²) < 4.78 is 31.7. The minimum absolute atomic E-state index is 0.171. The monoisotopic (exact) mass is 463 g/mol. The van der Waals surface area contributed by atoms with Gasteiger partial charge in [0.15, 0.2) is 0 Å². The number of carbonyl (C=O) groups is 3. The van der Waals surface area contributed by atoms with Crippen LogP contribution in [0.3, 0.4) is 0 Å². The molecule has 174 valence electrons. The number of phenols is 1. The molecule has 0 spiro atoms. The van der Waals surface area contributed by atoms with Crippen molar-refractivity contribution in [3.05, 3.63) is 65.9 Å². The maximum Gasteiger partial charge on any atom is 0.490 e. The van der Waals surface area contributed by atoms with Crippen LogP contribution in [0.1, 0.15) is 11.1 Å². The van der Waals surface area contributed by atoms with Crippen LogP contribution in [0.4, 0.5) is 13.2 Å². The number of benzene rings is 2. The molecular weight excluding hydrogens is 443 g/mol. The fourth-order valence-corrected chi connectivity index (χ4v) is 3.35. The Morgan fingerprint density at radius 2 is 1.45 bits per heavy atom. The summed E-state index contributed by atoms with van der Waals surface area (Å²) in [5.74, 6) is -2.96. The van der Waals surface area contributed by atoms with E-state index in [2.05, 4.69) is 15.6 Å². The Kier molecular flexibility index (Phi) is 6.90. The molecule has 1 aromatic heterocycles. The first kappa shape index (κ1) is 23.6. The van der Waals surface area contributed by atoms with E-state index in [0.717, 1.165) is 22.0 Å². The van der Waals surface area contributed by atoms with E-state index in [9.17, 15) is 27.9 Å². The number of aromatic hydroxyl groups is 1. The molecule has 2 heterocycles. The van der Waals surface area contributed by atoms with Crippen molar-refractivity contribution < 1.29 is 37.8 Å². The number of aliphatic carboxylic acids is 1. The molecule has 0 bridgehead atoms. The summed E-state index contributed by atoms with van der Waals surface area (Å²) in [6.07, 6.45) is -2.38. The van der Waals surface area contributed by atoms with E-state index >= 15 is 0 Å². The quantitative estimate of drug-likeness (QED) is 0.405. The number of fused-ring (bicyclic) bond motifs is 1. The summed E-state index contributed by atoms with van der Waals surface area (Å²) in [6.45, 7) is 0. The van der Waals surface area contributed by atoms with Crippen molar-refractivity contribution in [1.29, 1.82) is 0 Å². The molecule has 2 amide bonds. The number of carboxylic acids is 1. The lowest BCUT2D eigenvalue weighted by Gasteiger charge is -2.29. The summed E-state index contributed by atoms with van der Waals surface area (Å²) in [5, 5.41) is 23.2. The average molecular weight is 463 g/mol. The topological polar surface area (TPSA) is 132 Å². The highest BCUT2D eigenvalue weighted by Gasteiger charge is 2.38. The van der Waals surface area contributed by atoms with Gasteiger partial charge in [-0.1, -0.05) is 30.3 Å². The Labute approximate surface area is 185 Å². The number of piperazine rings is 1. The van der Waals surface area contributed by atoms with Gasteiger partial charge >= 0.3 is 12.1 Å². The first-order valence-electron chi connectivity index (χ1n) is 9.78. The molecule has 1 fully saturated rings. The highest BCUT2D eigenvalue weighted by atomic mass is 19.4. The van der Waals surface area contributed by atoms with E-state index in [1.165, 1.54) is 0 Å². The van der Waals surface area contributed by atoms with Crippen LogP contribution < -0.4 is 10.6 Å². The molecule has 1 saturated heterocycles. The number of aromatic amines is 1. The minimum atomic E-state index is -5.08. The van der Waals surface area contributed by atoms with Gasteiger partial charge in [-0.15, -0.1) is 0 Å². The Hall–Kier alpha value is -4.02. The largest absolute Gasteiger partial charge is 0.508 e. The Bertz CT molecular complexity index is 1160. The summed E-state index contributed by atoms with van der Waals surface area (Å²) in [7, 11) is 0. The molecule has 2 atom stereocenters. The maximum atomic E-state index is 12.5. The van der Waals surface area contributed by atoms with Crippen LogP contribution in [0, 0.1) is 0 Å². The first-order chi connectivity index (χ1) is 15.5. The summed E-state index contributed by atoms with van der Waals surface area (Å²) in [5.41, 5.74) is 2.88. The third-order valence-electron chi connectivity index (χ3n) is 4.98. The zero-order valence-corrected chi connectivity index (χ0v) is 17.0. The molecule has 0 aliphatic carbocycles. The van der Waals surface area contributed by atoms with Crippen molar-refractivity contribution in [3.8, 4) is 5.75 Å². The van der Waals surface area contributed by atoms with E-state index in [1.807, 2.05) is 30.5 Å². The lowest BCUT2D eigenvalue weighted by Crippen LogP contribution is -2.62. The predicted octanol–water partition coefficient (Wildman–Crippen LogP) is 2.28. The predicted molar refractivity (Wildman–Crippen MR) is 111 cm³/mol. The Balaban J connectivity index is 0.000000383. The van der Waals surface area contributed by atoms with Gasteiger partial charge in [-0.25, -0.2) is 4.79 Å². The number of para-hydroxylation sites is 1. The fourth-order valence-electron chi connectivity index (χ4n) is 3.35. The van der Waals surface area contributed by atoms with Crippen molar-refractivity contribution in [3.63, 3.8) is 0 Å². The number of hydrogen-bond acceptors (Lipinski definition) is 4. The number of nitrogens with one attached hydrogen (secondary N) is 3. The van der Waals surface area contributed by atoms with Crippen LogP contribution in [-0.2, 0) is 27.2 Å². The van der Waals surface area contributed by atoms with Crippen molar-refractivity contribution in [2.45, 2.75) is 31.1 Å². The van der Waals surface area contributed by atoms with E-state index in [-0.39, 0.29) is 17.6 Å². The number of aromatic nitrogens is 1. The second-order valence-electron chi connectivity index (χ2n) is 7.36. The number of H-pyrrole nitrogens is 1. The molecule has 1 aliphatic heterocycles. The number of hydrogen-bond donors (Lipinski definition) is 5. The van der Waals surface area contributed by atoms with E-state index in [0.29, 0.717) is 12.8 Å². The van der Waals surface area contributed by atoms with Crippen LogP contribution in [0.25, 0.3) is 10.9 Å². The minimum Gasteiger partial charge on any atom is -0.508 e. The number of halogens is 3. The lowest BCUT2D eigenvalue weighted by molar-refractivity contribution is -0.192. The van der Waals surface area contributed by atoms with Gasteiger partial charge in [-0.3, -0.25) is 9.59 Å². The van der Waals surface area contributed by atoms with Gasteiger partial charge in [0.2, 0.25) is 11.8 Å². The third-order valence-corrected chi connectivity index (χ3v) is 4.98. The van der Waals surface area contributed by atoms with Gasteiger partial charge in [0.25, 0.3) is 0 Å². The molecular formula is C22H20F3N3O5. The summed E-state index contributed by atoms with van der Waals surface area (Å²) in [4.78, 5) is 37.0. The van der Waals surface area contributed by atoms with Crippen molar-refractivity contribution >= 4 is 28.7 Å². The Morgan fingerprint density at radius 1 is 0.909 bits per heavy atom. The zero-order chi connectivity index (χ0) is 24.2. The number of carboxylic acid groups (broad SMARTS) is 1. The van der Waals surface area contributed by atoms with Crippen molar-refractivity contribution in [1.82, 2.24) is 15.6 Å². The van der Waals surface area contributed by atoms with E-state index in [4.69, 9.17) is 9.90 Å². The second kappa shape index (κ2) is 9.63. The van der Waals surface area contributed by atoms with Gasteiger partial charge in [-0.2, -0.15) is 13.2 Å². The SMILES string of the molecule is O=C(O)C(F)(F)F.O=C1N[C@@H](Cc2c[nH]c3ccccc23)C(=O)N[C@H]1Cc1ccc(O)cc1. The van der Waals surface area contributed by atoms with E-state index in [1.54, 1.807) is 24.3 Å². The number of amides is 2. The smallest absolute Gasteiger partial charge is 0.490 e. The molecule has 0 unspecified atom stereocenters. The average Bonchev–Trinajstić information content (AvgIpc) is 3.16. The van der Waals surface area contributed by atoms with Crippen LogP contribution in [-0.4, -0.2) is 51.2 Å². The normalized spacial score (nSPS) is 18.2. The first-order valence-corrected chi connectivity index (χ1v) is 9.78. The molecule has 4 rings (SSSR count). The molecule has 3 aromatic rings. The van der Waals surface area contributed by atoms with Crippen LogP contribution >= 0.6 is 0 Å². The molecule has 0 radical (unpaired) electrons. The lowest BCUT2D eigenvalue weighted by atomic mass is 9.98. The van der Waals surface area contributed by atoms with Gasteiger partial charge in [0.05, 0.1) is 0 Å². The molecule has 33 heavy (non-hydrogen) atoms. The standard InChI is InChI=1S/C20H19N3O3.C2HF3O2/c24-14-7-5-12(6-8-14)9-17-19(25)23-18(20(26)22-17)10-13-11-21-16-4-2-1-3-15(13)16;3-2(4,5)1(6)7/h1-8,11,17-18,21,24H,9-10H2,(H,22,26)(H,23,25);(H,6,7)/t17-,18-;/m0./s1. The maximum absolute atomic E-state index is 12.5. The summed E-state index contributed by atoms with van der Waals surface area (Å²) in [6, 6.07) is 13.3. The van der Waals surface area contributed by atoms with Gasteiger partial charge in [-0.05, 0) is 29.3 Å². The van der Waals surface area contributed by atoms with Gasteiger partial charge in [0.1, 0.15) is 17.8 Å². The Morgan fingerprint density at radius 3 is 2.03 bits per heavy atom. The number of rotatable bonds is 4. The molecule has 11 heteroatoms. The van der Waals surface area contributed by atoms with Crippen LogP contribution in [0.15, 0.2) is 54.7 Å². The fraction of sp³-hybridized carbons (Fsp3) is 0.227. The number of carbonyl (C=O) groups excluding carboxylic acids is 2. The summed E-state index contributed by atoms with van der Waals surface area (Å²) >= 11 is 0. The molecule has 5 N–H and O–H groups in total. The zero-order valence-electron chi connectivity index (χ0n) is 17.0. The van der Waals surface area contributed by atoms with Gasteiger partial charge in [0, 0.05) is 29.9 Å². The van der Waals surface area contributed by atoms with E-state index < -0.39 is 24.2 Å². The third kappa shape index (κ3) is 6.03. The highest BCUT2D eigenvalue weighted by Crippen LogP contribution is 2.20. The van der Waals surface area contributed by atoms with Crippen LogP contribution in [0.5, 0.6) is 5.75 Å². The molecule has 0 saturated carbocycles. The van der Waals surface area contributed by atoms with Crippen molar-refractivity contribution in [2.75, 3.05) is 0 Å². The molecule has 8 nitrogen and oxygen atoms in total. The number of alkyl halides is 3. The van der Waals surface area contributed by atoms with Crippen molar-refractivity contribution in [2.24, 2.45) is 0 Å². The van der Waals surface area contributed by atoms with Crippen LogP contribution in [0.2, 0.25) is 0 Å². The molecule has 2 aromatic carbocycles. The molecule has 1 aliphatic rings. The number of phenolic OH excluding ortho intramolecular Hbond substituents is 1. The highest BCUT2D eigenvalue weighted by molar-refractivity contribution is 5.97. The van der Waals surface area contributed by atoms with Gasteiger partial charge < -0.3 is 25.8 Å².